The zero-order valence-electron chi connectivity index (χ0n) is 7.95. The third-order valence-electron chi connectivity index (χ3n) is 2.17. The van der Waals surface area contributed by atoms with Gasteiger partial charge in [-0.2, -0.15) is 0 Å². The highest BCUT2D eigenvalue weighted by molar-refractivity contribution is 7.99. The fourth-order valence-electron chi connectivity index (χ4n) is 1.38. The van der Waals surface area contributed by atoms with Crippen LogP contribution >= 0.6 is 23.1 Å². The number of carboxylic acid groups (broad SMARTS) is 1. The summed E-state index contributed by atoms with van der Waals surface area (Å²) in [6.07, 6.45) is 0. The van der Waals surface area contributed by atoms with Crippen molar-refractivity contribution in [1.29, 1.82) is 0 Å². The van der Waals surface area contributed by atoms with Gasteiger partial charge in [0, 0.05) is 17.2 Å². The maximum Gasteiger partial charge on any atom is 0.324 e. The van der Waals surface area contributed by atoms with Gasteiger partial charge in [0.05, 0.1) is 10.3 Å². The summed E-state index contributed by atoms with van der Waals surface area (Å²) in [5.74, 6) is -0.413. The number of rotatable bonds is 3. The summed E-state index contributed by atoms with van der Waals surface area (Å²) in [6, 6.07) is 0.911. The van der Waals surface area contributed by atoms with Crippen LogP contribution in [0.2, 0.25) is 0 Å². The Morgan fingerprint density at radius 3 is 2.94 bits per heavy atom. The lowest BCUT2D eigenvalue weighted by molar-refractivity contribution is -0.380. The molecule has 2 heterocycles. The Kier molecular flexibility index (Phi) is 3.13. The second-order valence-electron chi connectivity index (χ2n) is 3.25. The number of carboxylic acids is 1. The molecule has 0 aliphatic carbocycles. The number of hydrogen-bond acceptors (Lipinski definition) is 6. The second kappa shape index (κ2) is 4.40. The summed E-state index contributed by atoms with van der Waals surface area (Å²) in [7, 11) is 0. The van der Waals surface area contributed by atoms with Crippen LogP contribution in [-0.2, 0) is 4.79 Å². The van der Waals surface area contributed by atoms with Crippen LogP contribution < -0.4 is 5.32 Å². The largest absolute Gasteiger partial charge is 0.480 e. The van der Waals surface area contributed by atoms with E-state index in [1.165, 1.54) is 17.8 Å². The Morgan fingerprint density at radius 1 is 1.69 bits per heavy atom. The molecular formula is C8H8N2O4S2. The van der Waals surface area contributed by atoms with Gasteiger partial charge >= 0.3 is 11.0 Å². The van der Waals surface area contributed by atoms with Crippen molar-refractivity contribution in [3.8, 4) is 0 Å². The van der Waals surface area contributed by atoms with E-state index in [0.717, 1.165) is 16.9 Å². The smallest absolute Gasteiger partial charge is 0.324 e. The summed E-state index contributed by atoms with van der Waals surface area (Å²) >= 11 is 2.50. The molecule has 0 spiro atoms. The van der Waals surface area contributed by atoms with Gasteiger partial charge in [-0.25, -0.2) is 0 Å². The minimum atomic E-state index is -0.889. The summed E-state index contributed by atoms with van der Waals surface area (Å²) in [6.45, 7) is 0. The van der Waals surface area contributed by atoms with E-state index in [1.54, 1.807) is 5.38 Å². The minimum Gasteiger partial charge on any atom is -0.480 e. The SMILES string of the molecule is O=C(O)[C@H]1CSC(c2csc([N+](=O)[O-])c2)N1. The van der Waals surface area contributed by atoms with Crippen LogP contribution in [0.15, 0.2) is 11.4 Å². The summed E-state index contributed by atoms with van der Waals surface area (Å²) < 4.78 is 0. The van der Waals surface area contributed by atoms with Gasteiger partial charge in [-0.15, -0.1) is 11.8 Å². The van der Waals surface area contributed by atoms with Crippen molar-refractivity contribution in [2.24, 2.45) is 0 Å². The average Bonchev–Trinajstić information content (AvgIpc) is 2.86. The lowest BCUT2D eigenvalue weighted by Gasteiger charge is -2.07. The molecule has 0 aromatic carbocycles. The van der Waals surface area contributed by atoms with Crippen LogP contribution in [0.4, 0.5) is 5.00 Å². The Bertz CT molecular complexity index is 433. The Hall–Kier alpha value is -1.12. The number of hydrogen-bond donors (Lipinski definition) is 2. The third kappa shape index (κ3) is 2.18. The molecule has 1 unspecified atom stereocenters. The van der Waals surface area contributed by atoms with Crippen LogP contribution in [0, 0.1) is 10.1 Å². The maximum absolute atomic E-state index is 10.7. The molecule has 2 rings (SSSR count). The van der Waals surface area contributed by atoms with Crippen LogP contribution in [0.1, 0.15) is 10.9 Å². The van der Waals surface area contributed by atoms with Crippen molar-refractivity contribution in [2.45, 2.75) is 11.4 Å². The molecular weight excluding hydrogens is 252 g/mol. The maximum atomic E-state index is 10.7. The van der Waals surface area contributed by atoms with Crippen LogP contribution in [0.25, 0.3) is 0 Å². The standard InChI is InChI=1S/C8H8N2O4S2/c11-8(12)5-3-16-7(9-5)4-1-6(10(13)14)15-2-4/h1-2,5,7,9H,3H2,(H,11,12)/t5-,7?/m1/s1. The molecule has 1 aromatic heterocycles. The van der Waals surface area contributed by atoms with E-state index in [0.29, 0.717) is 5.75 Å². The molecule has 1 aliphatic heterocycles. The van der Waals surface area contributed by atoms with E-state index >= 15 is 0 Å². The molecule has 1 aromatic rings. The van der Waals surface area contributed by atoms with Crippen molar-refractivity contribution in [3.05, 3.63) is 27.1 Å². The Balaban J connectivity index is 2.08. The van der Waals surface area contributed by atoms with Crippen molar-refractivity contribution >= 4 is 34.1 Å². The van der Waals surface area contributed by atoms with Gasteiger partial charge in [0.15, 0.2) is 0 Å². The normalized spacial score (nSPS) is 24.5. The molecule has 8 heteroatoms. The molecule has 2 N–H and O–H groups in total. The first-order valence-corrected chi connectivity index (χ1v) is 6.34. The van der Waals surface area contributed by atoms with Gasteiger partial charge in [0.25, 0.3) is 0 Å². The van der Waals surface area contributed by atoms with Crippen molar-refractivity contribution in [2.75, 3.05) is 5.75 Å². The zero-order valence-corrected chi connectivity index (χ0v) is 9.59. The Morgan fingerprint density at radius 2 is 2.44 bits per heavy atom. The summed E-state index contributed by atoms with van der Waals surface area (Å²) in [5.41, 5.74) is 0.769. The van der Waals surface area contributed by atoms with Gasteiger partial charge < -0.3 is 5.11 Å². The first-order chi connectivity index (χ1) is 7.58. The first-order valence-electron chi connectivity index (χ1n) is 4.41. The van der Waals surface area contributed by atoms with Gasteiger partial charge in [0.1, 0.15) is 6.04 Å². The average molecular weight is 260 g/mol. The monoisotopic (exact) mass is 260 g/mol. The van der Waals surface area contributed by atoms with E-state index in [1.807, 2.05) is 0 Å². The fraction of sp³-hybridized carbons (Fsp3) is 0.375. The second-order valence-corrected chi connectivity index (χ2v) is 5.27. The number of thioether (sulfide) groups is 1. The minimum absolute atomic E-state index is 0.0798. The van der Waals surface area contributed by atoms with E-state index < -0.39 is 16.9 Å². The van der Waals surface area contributed by atoms with Crippen molar-refractivity contribution < 1.29 is 14.8 Å². The molecule has 1 fully saturated rings. The van der Waals surface area contributed by atoms with Crippen LogP contribution in [0.3, 0.4) is 0 Å². The predicted molar refractivity (Wildman–Crippen MR) is 60.7 cm³/mol. The third-order valence-corrected chi connectivity index (χ3v) is 4.33. The highest BCUT2D eigenvalue weighted by Crippen LogP contribution is 2.36. The Labute approximate surface area is 98.8 Å². The number of aliphatic carboxylic acids is 1. The van der Waals surface area contributed by atoms with Crippen molar-refractivity contribution in [3.63, 3.8) is 0 Å². The van der Waals surface area contributed by atoms with E-state index in [4.69, 9.17) is 5.11 Å². The first kappa shape index (κ1) is 11.4. The van der Waals surface area contributed by atoms with Crippen LogP contribution in [-0.4, -0.2) is 27.8 Å². The van der Waals surface area contributed by atoms with Gasteiger partial charge in [-0.05, 0) is 5.56 Å². The van der Waals surface area contributed by atoms with Gasteiger partial charge in [0.2, 0.25) is 0 Å². The predicted octanol–water partition coefficient (Wildman–Crippen LogP) is 1.44. The van der Waals surface area contributed by atoms with Gasteiger partial charge in [-0.3, -0.25) is 20.2 Å². The lowest BCUT2D eigenvalue weighted by Crippen LogP contribution is -2.33. The fourth-order valence-corrected chi connectivity index (χ4v) is 3.43. The lowest BCUT2D eigenvalue weighted by atomic mass is 10.3. The molecule has 0 bridgehead atoms. The number of carbonyl (C=O) groups is 1. The quantitative estimate of drug-likeness (QED) is 0.631. The number of thiophene rings is 1. The molecule has 0 amide bonds. The van der Waals surface area contributed by atoms with E-state index in [2.05, 4.69) is 5.32 Å². The molecule has 86 valence electrons. The molecule has 1 aliphatic rings. The molecule has 16 heavy (non-hydrogen) atoms. The summed E-state index contributed by atoms with van der Waals surface area (Å²) in [5, 5.41) is 23.8. The highest BCUT2D eigenvalue weighted by atomic mass is 32.2. The number of nitrogens with zero attached hydrogens (tertiary/aromatic N) is 1. The molecule has 0 radical (unpaired) electrons. The van der Waals surface area contributed by atoms with E-state index in [-0.39, 0.29) is 10.4 Å². The number of nitrogens with one attached hydrogen (secondary N) is 1. The molecule has 2 atom stereocenters. The molecule has 0 saturated carbocycles. The molecule has 1 saturated heterocycles. The summed E-state index contributed by atoms with van der Waals surface area (Å²) in [4.78, 5) is 20.8. The van der Waals surface area contributed by atoms with Gasteiger partial charge in [-0.1, -0.05) is 11.3 Å². The highest BCUT2D eigenvalue weighted by Gasteiger charge is 2.31. The van der Waals surface area contributed by atoms with E-state index in [9.17, 15) is 14.9 Å². The topological polar surface area (TPSA) is 92.5 Å². The zero-order chi connectivity index (χ0) is 11.7. The van der Waals surface area contributed by atoms with Crippen molar-refractivity contribution in [1.82, 2.24) is 5.32 Å². The number of nitro groups is 1. The molecule has 6 nitrogen and oxygen atoms in total. The van der Waals surface area contributed by atoms with Crippen LogP contribution in [0.5, 0.6) is 0 Å².